The molecule has 1 amide bonds. The molecule has 0 saturated carbocycles. The van der Waals surface area contributed by atoms with E-state index in [1.54, 1.807) is 13.3 Å². The number of methoxy groups -OCH3 is 1. The second-order valence-corrected chi connectivity index (χ2v) is 7.97. The average Bonchev–Trinajstić information content (AvgIpc) is 3.12. The number of carbonyl (C=O) groups is 1. The van der Waals surface area contributed by atoms with Crippen LogP contribution >= 0.6 is 0 Å². The van der Waals surface area contributed by atoms with Gasteiger partial charge in [-0.3, -0.25) is 9.69 Å². The first-order chi connectivity index (χ1) is 15.8. The summed E-state index contributed by atoms with van der Waals surface area (Å²) in [4.78, 5) is 20.4. The van der Waals surface area contributed by atoms with Crippen LogP contribution in [0, 0.1) is 0 Å². The fourth-order valence-corrected chi connectivity index (χ4v) is 4.57. The molecule has 32 heavy (non-hydrogen) atoms. The number of ether oxygens (including phenoxy) is 1. The maximum Gasteiger partial charge on any atom is 0.237 e. The summed E-state index contributed by atoms with van der Waals surface area (Å²) in [6.07, 6.45) is 1.76. The SMILES string of the molecule is COc1ccc(C(c2ccccc2)C2C(=O)N(Cc3ccccc3)c3ncccc32)cc1. The molecule has 4 heteroatoms. The Morgan fingerprint density at radius 2 is 1.50 bits per heavy atom. The van der Waals surface area contributed by atoms with Gasteiger partial charge in [-0.1, -0.05) is 78.9 Å². The molecular weight excluding hydrogens is 396 g/mol. The first-order valence-corrected chi connectivity index (χ1v) is 10.8. The number of pyridine rings is 1. The number of fused-ring (bicyclic) bond motifs is 1. The number of nitrogens with zero attached hydrogens (tertiary/aromatic N) is 2. The van der Waals surface area contributed by atoms with Crippen molar-refractivity contribution in [1.29, 1.82) is 0 Å². The van der Waals surface area contributed by atoms with Gasteiger partial charge in [0.2, 0.25) is 5.91 Å². The molecule has 3 aromatic carbocycles. The van der Waals surface area contributed by atoms with E-state index >= 15 is 0 Å². The minimum Gasteiger partial charge on any atom is -0.497 e. The van der Waals surface area contributed by atoms with Gasteiger partial charge in [-0.25, -0.2) is 4.98 Å². The number of amides is 1. The van der Waals surface area contributed by atoms with Crippen LogP contribution < -0.4 is 9.64 Å². The minimum atomic E-state index is -0.349. The zero-order valence-electron chi connectivity index (χ0n) is 17.9. The maximum absolute atomic E-state index is 13.9. The van der Waals surface area contributed by atoms with Gasteiger partial charge in [-0.2, -0.15) is 0 Å². The Bertz CT molecular complexity index is 1210. The van der Waals surface area contributed by atoms with Crippen molar-refractivity contribution in [2.24, 2.45) is 0 Å². The van der Waals surface area contributed by atoms with E-state index in [1.807, 2.05) is 77.7 Å². The molecule has 0 radical (unpaired) electrons. The number of aromatic nitrogens is 1. The Morgan fingerprint density at radius 3 is 2.19 bits per heavy atom. The van der Waals surface area contributed by atoms with E-state index in [2.05, 4.69) is 29.2 Å². The predicted octanol–water partition coefficient (Wildman–Crippen LogP) is 5.55. The number of carbonyl (C=O) groups excluding carboxylic acids is 1. The van der Waals surface area contributed by atoms with Gasteiger partial charge in [0.15, 0.2) is 0 Å². The normalized spacial score (nSPS) is 16.0. The molecule has 4 nitrogen and oxygen atoms in total. The fraction of sp³-hybridized carbons (Fsp3) is 0.143. The van der Waals surface area contributed by atoms with Gasteiger partial charge in [0.1, 0.15) is 11.6 Å². The quantitative estimate of drug-likeness (QED) is 0.411. The monoisotopic (exact) mass is 420 g/mol. The van der Waals surface area contributed by atoms with Crippen LogP contribution in [0.15, 0.2) is 103 Å². The van der Waals surface area contributed by atoms with Crippen LogP contribution in [0.25, 0.3) is 0 Å². The topological polar surface area (TPSA) is 42.4 Å². The lowest BCUT2D eigenvalue weighted by atomic mass is 9.78. The van der Waals surface area contributed by atoms with Gasteiger partial charge in [0.25, 0.3) is 0 Å². The lowest BCUT2D eigenvalue weighted by Crippen LogP contribution is -2.31. The molecule has 1 aliphatic rings. The summed E-state index contributed by atoms with van der Waals surface area (Å²) < 4.78 is 5.36. The second kappa shape index (κ2) is 8.67. The van der Waals surface area contributed by atoms with Crippen molar-refractivity contribution in [2.45, 2.75) is 18.4 Å². The molecular formula is C28H24N2O2. The molecule has 0 aliphatic carbocycles. The van der Waals surface area contributed by atoms with Crippen LogP contribution in [0.1, 0.15) is 34.1 Å². The average molecular weight is 421 g/mol. The molecule has 158 valence electrons. The lowest BCUT2D eigenvalue weighted by molar-refractivity contribution is -0.119. The third-order valence-corrected chi connectivity index (χ3v) is 6.09. The van der Waals surface area contributed by atoms with Crippen molar-refractivity contribution in [2.75, 3.05) is 12.0 Å². The highest BCUT2D eigenvalue weighted by molar-refractivity contribution is 6.04. The molecule has 0 fully saturated rings. The summed E-state index contributed by atoms with van der Waals surface area (Å²) >= 11 is 0. The summed E-state index contributed by atoms with van der Waals surface area (Å²) in [7, 11) is 1.66. The number of hydrogen-bond donors (Lipinski definition) is 0. The van der Waals surface area contributed by atoms with Gasteiger partial charge in [-0.15, -0.1) is 0 Å². The van der Waals surface area contributed by atoms with E-state index in [9.17, 15) is 4.79 Å². The van der Waals surface area contributed by atoms with Crippen molar-refractivity contribution < 1.29 is 9.53 Å². The van der Waals surface area contributed by atoms with Crippen molar-refractivity contribution >= 4 is 11.7 Å². The van der Waals surface area contributed by atoms with Gasteiger partial charge in [-0.05, 0) is 34.9 Å². The molecule has 0 saturated heterocycles. The molecule has 1 aromatic heterocycles. The van der Waals surface area contributed by atoms with E-state index in [-0.39, 0.29) is 17.7 Å². The van der Waals surface area contributed by atoms with Crippen molar-refractivity contribution in [1.82, 2.24) is 4.98 Å². The van der Waals surface area contributed by atoms with E-state index < -0.39 is 0 Å². The van der Waals surface area contributed by atoms with Crippen LogP contribution in [0.4, 0.5) is 5.82 Å². The highest BCUT2D eigenvalue weighted by atomic mass is 16.5. The molecule has 5 rings (SSSR count). The molecule has 0 bridgehead atoms. The molecule has 0 spiro atoms. The molecule has 0 N–H and O–H groups in total. The summed E-state index contributed by atoms with van der Waals surface area (Å²) in [5, 5.41) is 0. The summed E-state index contributed by atoms with van der Waals surface area (Å²) in [5.74, 6) is 1.15. The van der Waals surface area contributed by atoms with Crippen LogP contribution in [-0.4, -0.2) is 18.0 Å². The molecule has 2 atom stereocenters. The fourth-order valence-electron chi connectivity index (χ4n) is 4.57. The zero-order chi connectivity index (χ0) is 21.9. The van der Waals surface area contributed by atoms with Crippen LogP contribution in [-0.2, 0) is 11.3 Å². The van der Waals surface area contributed by atoms with Crippen molar-refractivity contribution in [3.05, 3.63) is 126 Å². The van der Waals surface area contributed by atoms with Crippen LogP contribution in [0.5, 0.6) is 5.75 Å². The van der Waals surface area contributed by atoms with Gasteiger partial charge in [0, 0.05) is 17.7 Å². The van der Waals surface area contributed by atoms with Crippen molar-refractivity contribution in [3.63, 3.8) is 0 Å². The zero-order valence-corrected chi connectivity index (χ0v) is 17.9. The number of benzene rings is 3. The van der Waals surface area contributed by atoms with Gasteiger partial charge >= 0.3 is 0 Å². The molecule has 4 aromatic rings. The largest absolute Gasteiger partial charge is 0.497 e. The highest BCUT2D eigenvalue weighted by Crippen LogP contribution is 2.47. The Balaban J connectivity index is 1.61. The standard InChI is InChI=1S/C28H24N2O2/c1-32-23-16-14-22(15-17-23)25(21-11-6-3-7-12-21)26-24-13-8-18-29-27(24)30(28(26)31)19-20-9-4-2-5-10-20/h2-18,25-26H,19H2,1H3. The molecule has 2 heterocycles. The highest BCUT2D eigenvalue weighted by Gasteiger charge is 2.43. The summed E-state index contributed by atoms with van der Waals surface area (Å²) in [6, 6.07) is 32.3. The molecule has 2 unspecified atom stereocenters. The van der Waals surface area contributed by atoms with E-state index in [0.29, 0.717) is 6.54 Å². The van der Waals surface area contributed by atoms with Gasteiger partial charge in [0.05, 0.1) is 19.6 Å². The summed E-state index contributed by atoms with van der Waals surface area (Å²) in [6.45, 7) is 0.504. The Morgan fingerprint density at radius 1 is 0.844 bits per heavy atom. The van der Waals surface area contributed by atoms with Gasteiger partial charge < -0.3 is 4.74 Å². The smallest absolute Gasteiger partial charge is 0.237 e. The Labute approximate surface area is 188 Å². The number of anilines is 1. The van der Waals surface area contributed by atoms with E-state index in [1.165, 1.54) is 0 Å². The lowest BCUT2D eigenvalue weighted by Gasteiger charge is -2.25. The maximum atomic E-state index is 13.9. The van der Waals surface area contributed by atoms with Crippen molar-refractivity contribution in [3.8, 4) is 5.75 Å². The third-order valence-electron chi connectivity index (χ3n) is 6.09. The first kappa shape index (κ1) is 20.0. The Hall–Kier alpha value is -3.92. The molecule has 1 aliphatic heterocycles. The van der Waals surface area contributed by atoms with Crippen LogP contribution in [0.2, 0.25) is 0 Å². The van der Waals surface area contributed by atoms with E-state index in [0.717, 1.165) is 33.8 Å². The van der Waals surface area contributed by atoms with Crippen LogP contribution in [0.3, 0.4) is 0 Å². The second-order valence-electron chi connectivity index (χ2n) is 7.97. The predicted molar refractivity (Wildman–Crippen MR) is 126 cm³/mol. The Kier molecular flexibility index (Phi) is 5.42. The van der Waals surface area contributed by atoms with E-state index in [4.69, 9.17) is 4.74 Å². The third kappa shape index (κ3) is 3.65. The summed E-state index contributed by atoms with van der Waals surface area (Å²) in [5.41, 5.74) is 4.23. The number of rotatable bonds is 6. The first-order valence-electron chi connectivity index (χ1n) is 10.8. The minimum absolute atomic E-state index is 0.0761. The number of hydrogen-bond acceptors (Lipinski definition) is 3.